The lowest BCUT2D eigenvalue weighted by Crippen LogP contribution is -2.30. The molecule has 1 aromatic heterocycles. The summed E-state index contributed by atoms with van der Waals surface area (Å²) >= 11 is 0. The number of benzene rings is 1. The number of hydrogen-bond acceptors (Lipinski definition) is 3. The molecule has 0 bridgehead atoms. The fourth-order valence-electron chi connectivity index (χ4n) is 2.72. The van der Waals surface area contributed by atoms with Crippen LogP contribution in [-0.2, 0) is 0 Å². The van der Waals surface area contributed by atoms with Crippen LogP contribution in [0.1, 0.15) is 35.4 Å². The average molecular weight is 272 g/mol. The van der Waals surface area contributed by atoms with Crippen molar-refractivity contribution in [2.75, 3.05) is 13.1 Å². The molecule has 2 N–H and O–H groups in total. The van der Waals surface area contributed by atoms with Gasteiger partial charge in [-0.15, -0.1) is 0 Å². The summed E-state index contributed by atoms with van der Waals surface area (Å²) in [5.41, 5.74) is 1.93. The van der Waals surface area contributed by atoms with E-state index in [2.05, 4.69) is 10.6 Å². The molecular weight excluding hydrogens is 252 g/mol. The molecule has 0 aliphatic carbocycles. The zero-order valence-electron chi connectivity index (χ0n) is 11.7. The first-order valence-corrected chi connectivity index (χ1v) is 7.24. The summed E-state index contributed by atoms with van der Waals surface area (Å²) in [5, 5.41) is 7.33. The predicted octanol–water partition coefficient (Wildman–Crippen LogP) is 2.61. The second-order valence-corrected chi connectivity index (χ2v) is 5.49. The van der Waals surface area contributed by atoms with Crippen LogP contribution in [0.25, 0.3) is 11.0 Å². The highest BCUT2D eigenvalue weighted by Gasteiger charge is 2.15. The van der Waals surface area contributed by atoms with Gasteiger partial charge in [0.1, 0.15) is 5.58 Å². The number of rotatable bonds is 4. The minimum Gasteiger partial charge on any atom is -0.451 e. The van der Waals surface area contributed by atoms with E-state index in [4.69, 9.17) is 4.42 Å². The fourth-order valence-corrected chi connectivity index (χ4v) is 2.72. The average Bonchev–Trinajstić information content (AvgIpc) is 3.06. The molecule has 4 nitrogen and oxygen atoms in total. The third-order valence-electron chi connectivity index (χ3n) is 3.84. The third-order valence-corrected chi connectivity index (χ3v) is 3.84. The van der Waals surface area contributed by atoms with E-state index in [0.29, 0.717) is 18.3 Å². The van der Waals surface area contributed by atoms with Crippen molar-refractivity contribution in [3.63, 3.8) is 0 Å². The molecule has 1 aliphatic heterocycles. The second-order valence-electron chi connectivity index (χ2n) is 5.49. The van der Waals surface area contributed by atoms with Gasteiger partial charge in [0.25, 0.3) is 5.91 Å². The minimum absolute atomic E-state index is 0.128. The van der Waals surface area contributed by atoms with Crippen LogP contribution in [0.5, 0.6) is 0 Å². The Balaban J connectivity index is 1.60. The standard InChI is InChI=1S/C16H20N2O2/c1-11-4-5-14-12(9-11)10-15(20-14)16(19)18-8-6-13-3-2-7-17-13/h4-5,9-10,13,17H,2-3,6-8H2,1H3,(H,18,19)/t13-/m1/s1. The van der Waals surface area contributed by atoms with E-state index >= 15 is 0 Å². The van der Waals surface area contributed by atoms with Crippen molar-refractivity contribution in [3.05, 3.63) is 35.6 Å². The summed E-state index contributed by atoms with van der Waals surface area (Å²) in [6.45, 7) is 3.81. The molecule has 1 aromatic carbocycles. The summed E-state index contributed by atoms with van der Waals surface area (Å²) in [7, 11) is 0. The van der Waals surface area contributed by atoms with Crippen molar-refractivity contribution in [2.45, 2.75) is 32.2 Å². The van der Waals surface area contributed by atoms with Crippen LogP contribution in [0.3, 0.4) is 0 Å². The maximum absolute atomic E-state index is 12.0. The van der Waals surface area contributed by atoms with Gasteiger partial charge in [-0.25, -0.2) is 0 Å². The number of hydrogen-bond donors (Lipinski definition) is 2. The Labute approximate surface area is 118 Å². The van der Waals surface area contributed by atoms with Crippen molar-refractivity contribution in [1.29, 1.82) is 0 Å². The molecule has 4 heteroatoms. The molecule has 1 fully saturated rings. The monoisotopic (exact) mass is 272 g/mol. The van der Waals surface area contributed by atoms with Gasteiger partial charge in [0, 0.05) is 18.0 Å². The Morgan fingerprint density at radius 1 is 1.45 bits per heavy atom. The van der Waals surface area contributed by atoms with Gasteiger partial charge in [0.2, 0.25) is 0 Å². The zero-order valence-corrected chi connectivity index (χ0v) is 11.7. The van der Waals surface area contributed by atoms with Gasteiger partial charge in [-0.1, -0.05) is 11.6 Å². The molecule has 1 amide bonds. The van der Waals surface area contributed by atoms with Crippen LogP contribution in [0, 0.1) is 6.92 Å². The first kappa shape index (κ1) is 13.2. The summed E-state index contributed by atoms with van der Waals surface area (Å²) < 4.78 is 5.58. The minimum atomic E-state index is -0.128. The highest BCUT2D eigenvalue weighted by atomic mass is 16.3. The molecule has 2 heterocycles. The van der Waals surface area contributed by atoms with Gasteiger partial charge in [-0.2, -0.15) is 0 Å². The summed E-state index contributed by atoms with van der Waals surface area (Å²) in [6, 6.07) is 8.28. The number of carbonyl (C=O) groups is 1. The molecule has 1 aliphatic rings. The maximum atomic E-state index is 12.0. The Kier molecular flexibility index (Phi) is 3.74. The van der Waals surface area contributed by atoms with Crippen LogP contribution in [0.4, 0.5) is 0 Å². The molecule has 1 atom stereocenters. The third kappa shape index (κ3) is 2.85. The number of fused-ring (bicyclic) bond motifs is 1. The van der Waals surface area contributed by atoms with Crippen molar-refractivity contribution in [1.82, 2.24) is 10.6 Å². The number of furan rings is 1. The van der Waals surface area contributed by atoms with Crippen molar-refractivity contribution in [3.8, 4) is 0 Å². The summed E-state index contributed by atoms with van der Waals surface area (Å²) in [4.78, 5) is 12.0. The zero-order chi connectivity index (χ0) is 13.9. The molecule has 0 spiro atoms. The predicted molar refractivity (Wildman–Crippen MR) is 78.9 cm³/mol. The van der Waals surface area contributed by atoms with Crippen molar-refractivity contribution in [2.24, 2.45) is 0 Å². The number of carbonyl (C=O) groups excluding carboxylic acids is 1. The summed E-state index contributed by atoms with van der Waals surface area (Å²) in [6.07, 6.45) is 3.42. The molecule has 3 rings (SSSR count). The van der Waals surface area contributed by atoms with E-state index in [1.54, 1.807) is 0 Å². The lowest BCUT2D eigenvalue weighted by Gasteiger charge is -2.09. The topological polar surface area (TPSA) is 54.3 Å². The largest absolute Gasteiger partial charge is 0.451 e. The lowest BCUT2D eigenvalue weighted by atomic mass is 10.1. The first-order valence-electron chi connectivity index (χ1n) is 7.24. The van der Waals surface area contributed by atoms with Crippen LogP contribution < -0.4 is 10.6 Å². The van der Waals surface area contributed by atoms with E-state index in [9.17, 15) is 4.79 Å². The normalized spacial score (nSPS) is 18.6. The number of aryl methyl sites for hydroxylation is 1. The van der Waals surface area contributed by atoms with Crippen LogP contribution in [0.15, 0.2) is 28.7 Å². The van der Waals surface area contributed by atoms with Gasteiger partial charge in [0.15, 0.2) is 5.76 Å². The van der Waals surface area contributed by atoms with E-state index in [1.165, 1.54) is 12.8 Å². The highest BCUT2D eigenvalue weighted by molar-refractivity contribution is 5.96. The van der Waals surface area contributed by atoms with Gasteiger partial charge >= 0.3 is 0 Å². The van der Waals surface area contributed by atoms with Crippen LogP contribution in [-0.4, -0.2) is 25.0 Å². The van der Waals surface area contributed by atoms with Gasteiger partial charge in [-0.3, -0.25) is 4.79 Å². The number of amides is 1. The van der Waals surface area contributed by atoms with Gasteiger partial charge in [-0.05, 0) is 50.9 Å². The molecule has 1 saturated heterocycles. The smallest absolute Gasteiger partial charge is 0.287 e. The highest BCUT2D eigenvalue weighted by Crippen LogP contribution is 2.20. The SMILES string of the molecule is Cc1ccc2oc(C(=O)NCC[C@H]3CCCN3)cc2c1. The van der Waals surface area contributed by atoms with E-state index in [0.717, 1.165) is 29.5 Å². The van der Waals surface area contributed by atoms with Crippen LogP contribution in [0.2, 0.25) is 0 Å². The second kappa shape index (κ2) is 5.67. The van der Waals surface area contributed by atoms with Crippen molar-refractivity contribution >= 4 is 16.9 Å². The Morgan fingerprint density at radius 3 is 3.15 bits per heavy atom. The summed E-state index contributed by atoms with van der Waals surface area (Å²) in [5.74, 6) is 0.266. The first-order chi connectivity index (χ1) is 9.72. The van der Waals surface area contributed by atoms with E-state index in [-0.39, 0.29) is 5.91 Å². The lowest BCUT2D eigenvalue weighted by molar-refractivity contribution is 0.0927. The molecule has 0 radical (unpaired) electrons. The van der Waals surface area contributed by atoms with Crippen LogP contribution >= 0.6 is 0 Å². The Hall–Kier alpha value is -1.81. The molecule has 0 saturated carbocycles. The number of nitrogens with one attached hydrogen (secondary N) is 2. The van der Waals surface area contributed by atoms with Crippen molar-refractivity contribution < 1.29 is 9.21 Å². The Morgan fingerprint density at radius 2 is 2.35 bits per heavy atom. The fraction of sp³-hybridized carbons (Fsp3) is 0.438. The molecule has 106 valence electrons. The van der Waals surface area contributed by atoms with E-state index < -0.39 is 0 Å². The molecule has 20 heavy (non-hydrogen) atoms. The molecular formula is C16H20N2O2. The van der Waals surface area contributed by atoms with E-state index in [1.807, 2.05) is 31.2 Å². The van der Waals surface area contributed by atoms with Gasteiger partial charge in [0.05, 0.1) is 0 Å². The quantitative estimate of drug-likeness (QED) is 0.899. The molecule has 2 aromatic rings. The molecule has 0 unspecified atom stereocenters. The maximum Gasteiger partial charge on any atom is 0.287 e. The van der Waals surface area contributed by atoms with Gasteiger partial charge < -0.3 is 15.1 Å². The Bertz CT molecular complexity index is 612.